The quantitative estimate of drug-likeness (QED) is 0.0238. The van der Waals surface area contributed by atoms with Crippen LogP contribution in [0.5, 0.6) is 17.2 Å². The van der Waals surface area contributed by atoms with Crippen LogP contribution in [0.1, 0.15) is 89.8 Å². The Labute approximate surface area is 456 Å². The number of hydrogen-bond donors (Lipinski definition) is 4. The van der Waals surface area contributed by atoms with Gasteiger partial charge in [0.1, 0.15) is 35.6 Å². The number of hydrogen-bond acceptors (Lipinski definition) is 16. The molecule has 0 heterocycles. The molecule has 0 aliphatic carbocycles. The van der Waals surface area contributed by atoms with Crippen LogP contribution in [0.15, 0.2) is 87.5 Å². The van der Waals surface area contributed by atoms with E-state index >= 15 is 0 Å². The molecule has 352 valence electrons. The maximum absolute atomic E-state index is 13.2. The fourth-order valence-electron chi connectivity index (χ4n) is 6.45. The van der Waals surface area contributed by atoms with Crippen LogP contribution in [0.4, 0.5) is 14.4 Å². The minimum atomic E-state index is -4.55. The van der Waals surface area contributed by atoms with Crippen molar-refractivity contribution in [1.82, 2.24) is 0 Å². The largest absolute Gasteiger partial charge is 1.00 e. The van der Waals surface area contributed by atoms with E-state index < -0.39 is 93.3 Å². The van der Waals surface area contributed by atoms with E-state index in [0.29, 0.717) is 12.8 Å². The van der Waals surface area contributed by atoms with E-state index in [1.165, 1.54) is 20.8 Å². The van der Waals surface area contributed by atoms with Crippen molar-refractivity contribution in [3.63, 3.8) is 0 Å². The molecule has 0 aliphatic rings. The Morgan fingerprint density at radius 3 is 1.11 bits per heavy atom. The number of ether oxygens (including phenoxy) is 6. The predicted molar refractivity (Wildman–Crippen MR) is 227 cm³/mol. The zero-order valence-electron chi connectivity index (χ0n) is 40.3. The number of halogens is 1. The first-order valence-corrected chi connectivity index (χ1v) is 23.4. The van der Waals surface area contributed by atoms with Crippen LogP contribution in [-0.4, -0.2) is 81.2 Å². The number of benzene rings is 3. The van der Waals surface area contributed by atoms with Crippen molar-refractivity contribution >= 4 is 61.2 Å². The van der Waals surface area contributed by atoms with Crippen LogP contribution in [0, 0.1) is 5.92 Å². The van der Waals surface area contributed by atoms with Crippen LogP contribution < -0.4 is 109 Å². The zero-order valence-corrected chi connectivity index (χ0v) is 46.5. The molecule has 0 radical (unpaired) electrons. The SMILES string of the molecule is CCCCCCCCCCC(C(C)OC(=O)Oc1ccc(S(=O)(=O)O)cc1)C(N)(C(C)OC(=O)Oc1ccc(S(=O)(=O)O)cc1)C(C)OC(=O)Oc1ccc(S(=O)(=O)O)cc1.Cl.[H-].[H-].[H-].[Na+].[Na+].[Na+]. The smallest absolute Gasteiger partial charge is 1.00 e. The molecule has 65 heavy (non-hydrogen) atoms. The van der Waals surface area contributed by atoms with Crippen LogP contribution in [0.2, 0.25) is 0 Å². The van der Waals surface area contributed by atoms with Gasteiger partial charge in [0.05, 0.1) is 20.2 Å². The number of carbonyl (C=O) groups excluding carboxylic acids is 3. The molecule has 26 heteroatoms. The average molecular weight is 1030 g/mol. The summed E-state index contributed by atoms with van der Waals surface area (Å²) in [5.41, 5.74) is 5.22. The summed E-state index contributed by atoms with van der Waals surface area (Å²) in [6.45, 7) is 6.32. The Balaban J connectivity index is -0.00000189. The maximum atomic E-state index is 13.2. The van der Waals surface area contributed by atoms with Gasteiger partial charge in [0, 0.05) is 5.92 Å². The molecule has 3 aromatic carbocycles. The fourth-order valence-corrected chi connectivity index (χ4v) is 7.89. The standard InChI is InChI=1S/C39H51NO18S3.ClH.3Na.3H/c1-5-6-7-8-9-10-11-12-13-35(26(2)53-36(41)56-29-14-20-32(21-15-29)59(44,45)46)39(40,27(3)54-37(42)57-30-16-22-33(23-17-30)60(47,48)49)28(4)55-38(43)58-31-18-24-34(25-19-31)61(50,51)52;;;;;;;/h14-28,35H,5-13,40H2,1-4H3,(H,44,45,46)(H,47,48,49)(H,50,51,52);1H;;;;;;/q;;3*+1;3*-1. The molecule has 0 saturated heterocycles. The van der Waals surface area contributed by atoms with Crippen LogP contribution >= 0.6 is 12.4 Å². The van der Waals surface area contributed by atoms with Gasteiger partial charge in [-0.05, 0) is 100.0 Å². The van der Waals surface area contributed by atoms with E-state index in [2.05, 4.69) is 6.92 Å². The Morgan fingerprint density at radius 1 is 0.538 bits per heavy atom. The van der Waals surface area contributed by atoms with Crippen molar-refractivity contribution in [2.45, 2.75) is 124 Å². The molecular formula is C39H55ClNNa3O18S3. The Kier molecular flexibility index (Phi) is 30.4. The molecular weight excluding hydrogens is 971 g/mol. The van der Waals surface area contributed by atoms with E-state index in [1.54, 1.807) is 0 Å². The first kappa shape index (κ1) is 65.5. The number of nitrogens with two attached hydrogens (primary N) is 1. The summed E-state index contributed by atoms with van der Waals surface area (Å²) in [5, 5.41) is 0. The third kappa shape index (κ3) is 21.7. The van der Waals surface area contributed by atoms with E-state index in [4.69, 9.17) is 34.2 Å². The zero-order chi connectivity index (χ0) is 45.6. The van der Waals surface area contributed by atoms with Gasteiger partial charge in [-0.25, -0.2) is 14.4 Å². The van der Waals surface area contributed by atoms with Crippen molar-refractivity contribution < 1.29 is 175 Å². The first-order chi connectivity index (χ1) is 28.4. The van der Waals surface area contributed by atoms with Crippen LogP contribution in [0.3, 0.4) is 0 Å². The fraction of sp³-hybridized carbons (Fsp3) is 0.462. The van der Waals surface area contributed by atoms with Gasteiger partial charge in [-0.3, -0.25) is 13.7 Å². The molecule has 3 rings (SSSR count). The number of rotatable bonds is 22. The summed E-state index contributed by atoms with van der Waals surface area (Å²) < 4.78 is 129. The Hall–Kier alpha value is -1.55. The van der Waals surface area contributed by atoms with Gasteiger partial charge < -0.3 is 38.4 Å². The second kappa shape index (κ2) is 30.1. The van der Waals surface area contributed by atoms with Gasteiger partial charge in [-0.15, -0.1) is 12.4 Å². The van der Waals surface area contributed by atoms with E-state index in [0.717, 1.165) is 111 Å². The second-order valence-corrected chi connectivity index (χ2v) is 18.4. The summed E-state index contributed by atoms with van der Waals surface area (Å²) in [7, 11) is -13.6. The summed E-state index contributed by atoms with van der Waals surface area (Å²) in [4.78, 5) is 38.1. The molecule has 0 spiro atoms. The third-order valence-electron chi connectivity index (χ3n) is 9.78. The monoisotopic (exact) mass is 1030 g/mol. The summed E-state index contributed by atoms with van der Waals surface area (Å²) in [6, 6.07) is 12.5. The van der Waals surface area contributed by atoms with Gasteiger partial charge in [-0.1, -0.05) is 58.3 Å². The summed E-state index contributed by atoms with van der Waals surface area (Å²) in [6.07, 6.45) is -0.405. The van der Waals surface area contributed by atoms with Gasteiger partial charge >= 0.3 is 107 Å². The molecule has 19 nitrogen and oxygen atoms in total. The molecule has 4 unspecified atom stereocenters. The summed E-state index contributed by atoms with van der Waals surface area (Å²) >= 11 is 0. The molecule has 0 saturated carbocycles. The molecule has 0 amide bonds. The number of unbranched alkanes of at least 4 members (excludes halogenated alkanes) is 7. The van der Waals surface area contributed by atoms with Crippen molar-refractivity contribution in [3.05, 3.63) is 72.8 Å². The van der Waals surface area contributed by atoms with Gasteiger partial charge in [0.15, 0.2) is 0 Å². The van der Waals surface area contributed by atoms with Crippen molar-refractivity contribution in [2.24, 2.45) is 11.7 Å². The average Bonchev–Trinajstić information content (AvgIpc) is 3.16. The predicted octanol–water partition coefficient (Wildman–Crippen LogP) is -0.845. The number of carbonyl (C=O) groups is 3. The van der Waals surface area contributed by atoms with Gasteiger partial charge in [0.2, 0.25) is 0 Å². The molecule has 3 aromatic rings. The summed E-state index contributed by atoms with van der Waals surface area (Å²) in [5.74, 6) is -1.51. The molecule has 4 atom stereocenters. The Bertz CT molecular complexity index is 2190. The van der Waals surface area contributed by atoms with Crippen molar-refractivity contribution in [3.8, 4) is 17.2 Å². The van der Waals surface area contributed by atoms with Crippen molar-refractivity contribution in [1.29, 1.82) is 0 Å². The van der Waals surface area contributed by atoms with Gasteiger partial charge in [0.25, 0.3) is 30.4 Å². The normalized spacial score (nSPS) is 14.0. The van der Waals surface area contributed by atoms with Gasteiger partial charge in [-0.2, -0.15) is 25.3 Å². The van der Waals surface area contributed by atoms with Crippen LogP contribution in [0.25, 0.3) is 0 Å². The van der Waals surface area contributed by atoms with E-state index in [-0.39, 0.29) is 129 Å². The second-order valence-electron chi connectivity index (χ2n) is 14.1. The van der Waals surface area contributed by atoms with Crippen molar-refractivity contribution in [2.75, 3.05) is 0 Å². The molecule has 5 N–H and O–H groups in total. The van der Waals surface area contributed by atoms with E-state index in [9.17, 15) is 53.3 Å². The maximum Gasteiger partial charge on any atom is 1.00 e. The minimum absolute atomic E-state index is 0. The Morgan fingerprint density at radius 2 is 0.815 bits per heavy atom. The molecule has 0 fully saturated rings. The van der Waals surface area contributed by atoms with Crippen LogP contribution in [-0.2, 0) is 44.6 Å². The topological polar surface area (TPSA) is 296 Å². The molecule has 0 aromatic heterocycles. The third-order valence-corrected chi connectivity index (χ3v) is 12.4. The molecule has 0 aliphatic heterocycles. The molecule has 0 bridgehead atoms. The van der Waals surface area contributed by atoms with E-state index in [1.807, 2.05) is 0 Å². The first-order valence-electron chi connectivity index (χ1n) is 19.1. The minimum Gasteiger partial charge on any atom is -1.00 e.